The number of hydrogen-bond donors (Lipinski definition) is 3. The Balaban J connectivity index is 2.59. The predicted octanol–water partition coefficient (Wildman–Crippen LogP) is 0.925. The molecule has 110 valence electrons. The van der Waals surface area contributed by atoms with Gasteiger partial charge in [0.05, 0.1) is 5.41 Å². The van der Waals surface area contributed by atoms with Crippen LogP contribution in [0, 0.1) is 5.41 Å². The van der Waals surface area contributed by atoms with Gasteiger partial charge in [-0.2, -0.15) is 0 Å². The normalized spacial score (nSPS) is 19.8. The average molecular weight is 269 g/mol. The van der Waals surface area contributed by atoms with Crippen LogP contribution >= 0.6 is 0 Å². The zero-order valence-electron chi connectivity index (χ0n) is 12.3. The van der Waals surface area contributed by atoms with Crippen molar-refractivity contribution in [2.24, 2.45) is 11.1 Å². The summed E-state index contributed by atoms with van der Waals surface area (Å²) in [5.74, 6) is -0.215. The molecule has 4 N–H and O–H groups in total. The van der Waals surface area contributed by atoms with Crippen molar-refractivity contribution in [1.29, 1.82) is 0 Å². The largest absolute Gasteiger partial charge is 0.352 e. The third-order valence-electron chi connectivity index (χ3n) is 3.85. The molecular formula is C14H27N3O2. The van der Waals surface area contributed by atoms with Crippen LogP contribution in [-0.2, 0) is 9.59 Å². The zero-order chi connectivity index (χ0) is 14.5. The van der Waals surface area contributed by atoms with Crippen molar-refractivity contribution >= 4 is 11.8 Å². The Morgan fingerprint density at radius 3 is 2.16 bits per heavy atom. The van der Waals surface area contributed by atoms with Gasteiger partial charge < -0.3 is 16.4 Å². The third-order valence-corrected chi connectivity index (χ3v) is 3.85. The van der Waals surface area contributed by atoms with Crippen molar-refractivity contribution in [3.63, 3.8) is 0 Å². The number of amides is 2. The van der Waals surface area contributed by atoms with Gasteiger partial charge in [-0.3, -0.25) is 9.59 Å². The number of rotatable bonds is 5. The summed E-state index contributed by atoms with van der Waals surface area (Å²) in [4.78, 5) is 24.2. The highest BCUT2D eigenvalue weighted by atomic mass is 16.2. The molecule has 0 aliphatic heterocycles. The molecule has 1 unspecified atom stereocenters. The summed E-state index contributed by atoms with van der Waals surface area (Å²) in [6.07, 6.45) is 4.90. The second-order valence-corrected chi connectivity index (χ2v) is 5.90. The Bertz CT molecular complexity index is 323. The second kappa shape index (κ2) is 6.89. The Hall–Kier alpha value is -1.10. The summed E-state index contributed by atoms with van der Waals surface area (Å²) in [5, 5.41) is 5.61. The lowest BCUT2D eigenvalue weighted by molar-refractivity contribution is -0.136. The Kier molecular flexibility index (Phi) is 5.79. The van der Waals surface area contributed by atoms with Crippen LogP contribution < -0.4 is 16.4 Å². The van der Waals surface area contributed by atoms with E-state index in [0.29, 0.717) is 6.54 Å². The highest BCUT2D eigenvalue weighted by molar-refractivity contribution is 5.90. The molecule has 1 rings (SSSR count). The Labute approximate surface area is 115 Å². The van der Waals surface area contributed by atoms with Gasteiger partial charge in [0.25, 0.3) is 0 Å². The number of nitrogens with one attached hydrogen (secondary N) is 2. The van der Waals surface area contributed by atoms with Gasteiger partial charge in [0.1, 0.15) is 6.04 Å². The molecule has 1 saturated carbocycles. The first kappa shape index (κ1) is 16.0. The van der Waals surface area contributed by atoms with E-state index in [4.69, 9.17) is 5.73 Å². The van der Waals surface area contributed by atoms with Gasteiger partial charge in [0.15, 0.2) is 0 Å². The molecule has 1 aliphatic rings. The lowest BCUT2D eigenvalue weighted by atomic mass is 9.73. The maximum Gasteiger partial charge on any atom is 0.242 e. The van der Waals surface area contributed by atoms with Crippen LogP contribution in [0.2, 0.25) is 0 Å². The summed E-state index contributed by atoms with van der Waals surface area (Å²) in [7, 11) is 0. The minimum absolute atomic E-state index is 0.0684. The minimum atomic E-state index is -0.514. The second-order valence-electron chi connectivity index (χ2n) is 5.90. The molecule has 19 heavy (non-hydrogen) atoms. The molecular weight excluding hydrogens is 242 g/mol. The Morgan fingerprint density at radius 2 is 1.68 bits per heavy atom. The highest BCUT2D eigenvalue weighted by Gasteiger charge is 2.39. The van der Waals surface area contributed by atoms with E-state index in [-0.39, 0.29) is 17.9 Å². The molecule has 5 nitrogen and oxygen atoms in total. The van der Waals surface area contributed by atoms with E-state index < -0.39 is 11.5 Å². The van der Waals surface area contributed by atoms with Crippen LogP contribution in [0.3, 0.4) is 0 Å². The van der Waals surface area contributed by atoms with E-state index in [9.17, 15) is 9.59 Å². The van der Waals surface area contributed by atoms with Crippen molar-refractivity contribution in [1.82, 2.24) is 10.6 Å². The van der Waals surface area contributed by atoms with E-state index in [0.717, 1.165) is 25.7 Å². The molecule has 2 amide bonds. The van der Waals surface area contributed by atoms with Crippen LogP contribution in [0.25, 0.3) is 0 Å². The summed E-state index contributed by atoms with van der Waals surface area (Å²) < 4.78 is 0. The molecule has 0 aromatic heterocycles. The van der Waals surface area contributed by atoms with Gasteiger partial charge in [0.2, 0.25) is 11.8 Å². The SMILES string of the molecule is CC(C)NC(=O)C(C)NC(=O)C1(CN)CCCCC1. The monoisotopic (exact) mass is 269 g/mol. The third kappa shape index (κ3) is 4.20. The molecule has 1 atom stereocenters. The first-order chi connectivity index (χ1) is 8.91. The Morgan fingerprint density at radius 1 is 1.11 bits per heavy atom. The van der Waals surface area contributed by atoms with Crippen molar-refractivity contribution in [3.05, 3.63) is 0 Å². The molecule has 1 aliphatic carbocycles. The molecule has 0 aromatic carbocycles. The van der Waals surface area contributed by atoms with Crippen molar-refractivity contribution < 1.29 is 9.59 Å². The molecule has 0 heterocycles. The summed E-state index contributed by atoms with van der Waals surface area (Å²) >= 11 is 0. The lowest BCUT2D eigenvalue weighted by Crippen LogP contribution is -2.53. The molecule has 0 saturated heterocycles. The maximum absolute atomic E-state index is 12.4. The van der Waals surface area contributed by atoms with Gasteiger partial charge in [-0.05, 0) is 33.6 Å². The van der Waals surface area contributed by atoms with Crippen molar-refractivity contribution in [3.8, 4) is 0 Å². The van der Waals surface area contributed by atoms with Crippen LogP contribution in [0.1, 0.15) is 52.9 Å². The first-order valence-corrected chi connectivity index (χ1v) is 7.23. The molecule has 0 radical (unpaired) electrons. The fourth-order valence-corrected chi connectivity index (χ4v) is 2.58. The summed E-state index contributed by atoms with van der Waals surface area (Å²) in [5.41, 5.74) is 5.34. The van der Waals surface area contributed by atoms with E-state index in [1.807, 2.05) is 13.8 Å². The molecule has 0 spiro atoms. The van der Waals surface area contributed by atoms with Crippen LogP contribution in [-0.4, -0.2) is 30.4 Å². The van der Waals surface area contributed by atoms with Gasteiger partial charge in [-0.15, -0.1) is 0 Å². The average Bonchev–Trinajstić information content (AvgIpc) is 2.38. The van der Waals surface area contributed by atoms with Gasteiger partial charge >= 0.3 is 0 Å². The standard InChI is InChI=1S/C14H27N3O2/c1-10(2)16-12(18)11(3)17-13(19)14(9-15)7-5-4-6-8-14/h10-11H,4-9,15H2,1-3H3,(H,16,18)(H,17,19). The van der Waals surface area contributed by atoms with Gasteiger partial charge in [-0.25, -0.2) is 0 Å². The molecule has 1 fully saturated rings. The van der Waals surface area contributed by atoms with E-state index in [1.54, 1.807) is 6.92 Å². The van der Waals surface area contributed by atoms with Gasteiger partial charge in [-0.1, -0.05) is 19.3 Å². The topological polar surface area (TPSA) is 84.2 Å². The maximum atomic E-state index is 12.4. The van der Waals surface area contributed by atoms with E-state index in [1.165, 1.54) is 6.42 Å². The first-order valence-electron chi connectivity index (χ1n) is 7.23. The number of hydrogen-bond acceptors (Lipinski definition) is 3. The number of nitrogens with two attached hydrogens (primary N) is 1. The fourth-order valence-electron chi connectivity index (χ4n) is 2.58. The van der Waals surface area contributed by atoms with Crippen molar-refractivity contribution in [2.75, 3.05) is 6.54 Å². The smallest absolute Gasteiger partial charge is 0.242 e. The van der Waals surface area contributed by atoms with Crippen LogP contribution in [0.15, 0.2) is 0 Å². The predicted molar refractivity (Wildman–Crippen MR) is 75.5 cm³/mol. The van der Waals surface area contributed by atoms with Crippen LogP contribution in [0.5, 0.6) is 0 Å². The lowest BCUT2D eigenvalue weighted by Gasteiger charge is -2.35. The van der Waals surface area contributed by atoms with Crippen LogP contribution in [0.4, 0.5) is 0 Å². The van der Waals surface area contributed by atoms with Crippen molar-refractivity contribution in [2.45, 2.75) is 65.0 Å². The minimum Gasteiger partial charge on any atom is -0.352 e. The van der Waals surface area contributed by atoms with E-state index in [2.05, 4.69) is 10.6 Å². The summed E-state index contributed by atoms with van der Waals surface area (Å²) in [6.45, 7) is 5.86. The number of carbonyl (C=O) groups is 2. The quantitative estimate of drug-likeness (QED) is 0.694. The highest BCUT2D eigenvalue weighted by Crippen LogP contribution is 2.35. The fraction of sp³-hybridized carbons (Fsp3) is 0.857. The molecule has 0 bridgehead atoms. The molecule has 5 heteroatoms. The summed E-state index contributed by atoms with van der Waals surface area (Å²) in [6, 6.07) is -0.440. The molecule has 0 aromatic rings. The zero-order valence-corrected chi connectivity index (χ0v) is 12.3. The van der Waals surface area contributed by atoms with Gasteiger partial charge in [0, 0.05) is 12.6 Å². The van der Waals surface area contributed by atoms with E-state index >= 15 is 0 Å². The number of carbonyl (C=O) groups excluding carboxylic acids is 2.